The molecule has 17 heavy (non-hydrogen) atoms. The van der Waals surface area contributed by atoms with Crippen molar-refractivity contribution in [1.29, 1.82) is 0 Å². The van der Waals surface area contributed by atoms with Gasteiger partial charge in [0.2, 0.25) is 0 Å². The van der Waals surface area contributed by atoms with E-state index in [2.05, 4.69) is 0 Å². The third-order valence-electron chi connectivity index (χ3n) is 0.500. The average Bonchev–Trinajstić information content (AvgIpc) is 2.39. The van der Waals surface area contributed by atoms with Crippen molar-refractivity contribution in [3.63, 3.8) is 0 Å². The molecule has 0 fully saturated rings. The predicted molar refractivity (Wildman–Crippen MR) is 79.3 cm³/mol. The van der Waals surface area contributed by atoms with Gasteiger partial charge < -0.3 is 45.9 Å². The molecule has 9 heteroatoms. The first-order valence-corrected chi connectivity index (χ1v) is 4.83. The zero-order valence-electron chi connectivity index (χ0n) is 10.4. The van der Waals surface area contributed by atoms with E-state index in [9.17, 15) is 0 Å². The molecule has 0 atom stereocenters. The topological polar surface area (TPSA) is 190 Å². The van der Waals surface area contributed by atoms with E-state index in [1.54, 1.807) is 0 Å². The summed E-state index contributed by atoms with van der Waals surface area (Å²) in [5.41, 5.74) is 50.1. The van der Waals surface area contributed by atoms with Crippen LogP contribution >= 0.6 is 0 Å². The van der Waals surface area contributed by atoms with Crippen LogP contribution in [0.4, 0.5) is 0 Å². The van der Waals surface area contributed by atoms with E-state index in [-0.39, 0.29) is 101 Å². The van der Waals surface area contributed by atoms with Gasteiger partial charge in [0, 0.05) is 0 Å². The summed E-state index contributed by atoms with van der Waals surface area (Å²) in [5, 5.41) is 0. The molecular formula is C8H24BaN8-6. The predicted octanol–water partition coefficient (Wildman–Crippen LogP) is 3.98. The van der Waals surface area contributed by atoms with Gasteiger partial charge in [-0.1, -0.05) is 0 Å². The van der Waals surface area contributed by atoms with Crippen molar-refractivity contribution in [1.82, 2.24) is 0 Å². The normalized spacial score (nSPS) is 7.06. The molecule has 0 aliphatic rings. The van der Waals surface area contributed by atoms with Crippen LogP contribution < -0.4 is 0 Å². The quantitative estimate of drug-likeness (QED) is 0.647. The van der Waals surface area contributed by atoms with Gasteiger partial charge in [0.1, 0.15) is 0 Å². The molecule has 104 valence electrons. The minimum absolute atomic E-state index is 0. The van der Waals surface area contributed by atoms with Gasteiger partial charge in [0.15, 0.2) is 0 Å². The van der Waals surface area contributed by atoms with Crippen molar-refractivity contribution in [2.75, 3.05) is 52.4 Å². The Kier molecular flexibility index (Phi) is 96.9. The van der Waals surface area contributed by atoms with E-state index < -0.39 is 0 Å². The summed E-state index contributed by atoms with van der Waals surface area (Å²) >= 11 is 0. The fraction of sp³-hybridized carbons (Fsp3) is 1.00. The summed E-state index contributed by atoms with van der Waals surface area (Å²) in [6.07, 6.45) is 0. The van der Waals surface area contributed by atoms with Gasteiger partial charge in [-0.3, -0.25) is 0 Å². The maximum atomic E-state index is 6.26. The Morgan fingerprint density at radius 2 is 0.353 bits per heavy atom. The van der Waals surface area contributed by atoms with Crippen molar-refractivity contribution in [3.05, 3.63) is 45.9 Å². The summed E-state index contributed by atoms with van der Waals surface area (Å²) < 4.78 is 0. The van der Waals surface area contributed by atoms with Gasteiger partial charge in [-0.2, -0.15) is 52.4 Å². The molecule has 0 saturated carbocycles. The summed E-state index contributed by atoms with van der Waals surface area (Å²) in [5.74, 6) is 0. The molecule has 0 aromatic heterocycles. The number of hydrogen-bond donors (Lipinski definition) is 0. The van der Waals surface area contributed by atoms with E-state index in [1.165, 1.54) is 0 Å². The zero-order chi connectivity index (χ0) is 13.7. The molecule has 0 rings (SSSR count). The Bertz CT molecular complexity index is 45.5. The van der Waals surface area contributed by atoms with Gasteiger partial charge >= 0.3 is 48.9 Å². The minimum Gasteiger partial charge on any atom is -0.679 e. The molecular weight excluding hydrogens is 345 g/mol. The second-order valence-electron chi connectivity index (χ2n) is 2.00. The summed E-state index contributed by atoms with van der Waals surface area (Å²) in [6, 6.07) is 0. The fourth-order valence-electron chi connectivity index (χ4n) is 0. The van der Waals surface area contributed by atoms with Crippen molar-refractivity contribution in [2.45, 2.75) is 0 Å². The van der Waals surface area contributed by atoms with Crippen molar-refractivity contribution in [3.8, 4) is 0 Å². The van der Waals surface area contributed by atoms with Crippen LogP contribution in [0.5, 0.6) is 0 Å². The molecule has 0 aromatic rings. The standard InChI is InChI=1S/4C2H6N2.Ba/c4*3-1-2-4;/h4*3-4H,1-2H2;/q4*-2;+2. The molecule has 8 N–H and O–H groups in total. The maximum absolute atomic E-state index is 6.26. The largest absolute Gasteiger partial charge is 2.00 e. The summed E-state index contributed by atoms with van der Waals surface area (Å²) in [4.78, 5) is 0. The first-order valence-electron chi connectivity index (χ1n) is 4.83. The second-order valence-corrected chi connectivity index (χ2v) is 2.00. The smallest absolute Gasteiger partial charge is 0.679 e. The Labute approximate surface area is 146 Å². The van der Waals surface area contributed by atoms with Gasteiger partial charge in [0.05, 0.1) is 0 Å². The van der Waals surface area contributed by atoms with Gasteiger partial charge in [0.25, 0.3) is 0 Å². The molecule has 0 unspecified atom stereocenters. The van der Waals surface area contributed by atoms with E-state index in [0.29, 0.717) is 0 Å². The Morgan fingerprint density at radius 3 is 0.353 bits per heavy atom. The second kappa shape index (κ2) is 53.2. The number of rotatable bonds is 4. The van der Waals surface area contributed by atoms with Crippen molar-refractivity contribution >= 4 is 48.9 Å². The third-order valence-corrected chi connectivity index (χ3v) is 0.500. The van der Waals surface area contributed by atoms with Gasteiger partial charge in [-0.15, -0.1) is 0 Å². The van der Waals surface area contributed by atoms with E-state index >= 15 is 0 Å². The Hall–Kier alpha value is 1.25. The molecule has 0 aromatic carbocycles. The van der Waals surface area contributed by atoms with Crippen LogP contribution in [0.25, 0.3) is 45.9 Å². The minimum atomic E-state index is 0. The van der Waals surface area contributed by atoms with Gasteiger partial charge in [-0.05, 0) is 0 Å². The summed E-state index contributed by atoms with van der Waals surface area (Å²) in [7, 11) is 0. The molecule has 0 spiro atoms. The summed E-state index contributed by atoms with van der Waals surface area (Å²) in [6.45, 7) is 1.89. The van der Waals surface area contributed by atoms with Crippen LogP contribution in [0.3, 0.4) is 0 Å². The van der Waals surface area contributed by atoms with E-state index in [1.807, 2.05) is 0 Å². The molecule has 0 radical (unpaired) electrons. The Balaban J connectivity index is -0.0000000369. The Morgan fingerprint density at radius 1 is 0.294 bits per heavy atom. The molecule has 0 bridgehead atoms. The molecule has 8 nitrogen and oxygen atoms in total. The van der Waals surface area contributed by atoms with Crippen LogP contribution in [0.1, 0.15) is 0 Å². The molecule has 0 saturated heterocycles. The van der Waals surface area contributed by atoms with Crippen LogP contribution in [-0.2, 0) is 0 Å². The number of hydrogen-bond acceptors (Lipinski definition) is 0. The monoisotopic (exact) mass is 370 g/mol. The average molecular weight is 370 g/mol. The first-order chi connectivity index (χ1) is 7.66. The molecule has 0 aliphatic carbocycles. The fourth-order valence-corrected chi connectivity index (χ4v) is 0. The maximum Gasteiger partial charge on any atom is 2.00 e. The van der Waals surface area contributed by atoms with Crippen molar-refractivity contribution < 1.29 is 0 Å². The van der Waals surface area contributed by atoms with E-state index in [0.717, 1.165) is 0 Å². The first kappa shape index (κ1) is 30.9. The van der Waals surface area contributed by atoms with Crippen LogP contribution in [0.2, 0.25) is 0 Å². The van der Waals surface area contributed by atoms with E-state index in [4.69, 9.17) is 45.9 Å². The van der Waals surface area contributed by atoms with Crippen LogP contribution in [0, 0.1) is 0 Å². The van der Waals surface area contributed by atoms with Crippen LogP contribution in [0.15, 0.2) is 0 Å². The van der Waals surface area contributed by atoms with Crippen molar-refractivity contribution in [2.24, 2.45) is 0 Å². The third kappa shape index (κ3) is 146. The molecule has 0 aliphatic heterocycles. The molecule has 0 amide bonds. The SMILES string of the molecule is [Ba+2].[NH-]CC[NH-].[NH-]CC[NH-].[NH-]CC[NH-].[NH-]CC[NH-]. The molecule has 0 heterocycles. The van der Waals surface area contributed by atoms with Crippen LogP contribution in [-0.4, -0.2) is 101 Å². The van der Waals surface area contributed by atoms with Gasteiger partial charge in [-0.25, -0.2) is 0 Å². The zero-order valence-corrected chi connectivity index (χ0v) is 14.8. The number of nitrogens with one attached hydrogen (secondary N) is 8.